The van der Waals surface area contributed by atoms with Crippen LogP contribution in [-0.4, -0.2) is 24.1 Å². The summed E-state index contributed by atoms with van der Waals surface area (Å²) in [7, 11) is 0. The minimum Gasteiger partial charge on any atom is -0.327 e. The molecule has 0 N–H and O–H groups in total. The molecule has 5 heterocycles. The molecule has 0 aliphatic carbocycles. The van der Waals surface area contributed by atoms with E-state index in [0.29, 0.717) is 0 Å². The van der Waals surface area contributed by atoms with Gasteiger partial charge >= 0.3 is 20.1 Å². The molecule has 0 bridgehead atoms. The summed E-state index contributed by atoms with van der Waals surface area (Å²) in [6, 6.07) is 114. The largest absolute Gasteiger partial charge is 3.00 e. The fourth-order valence-corrected chi connectivity index (χ4v) is 13.4. The number of rotatable bonds is 15. The van der Waals surface area contributed by atoms with Gasteiger partial charge in [-0.05, 0) is 123 Å². The fraction of sp³-hybridized carbons (Fsp3) is 0.0471. The zero-order valence-corrected chi connectivity index (χ0v) is 52.2. The maximum Gasteiger partial charge on any atom is 3.00 e. The van der Waals surface area contributed by atoms with Crippen LogP contribution in [0, 0.1) is 18.2 Å². The second kappa shape index (κ2) is 24.9. The Balaban J connectivity index is 0.00000689. The van der Waals surface area contributed by atoms with E-state index in [-0.39, 0.29) is 20.1 Å². The summed E-state index contributed by atoms with van der Waals surface area (Å²) in [5.41, 5.74) is 26.5. The third-order valence-electron chi connectivity index (χ3n) is 17.7. The smallest absolute Gasteiger partial charge is 0.327 e. The van der Waals surface area contributed by atoms with E-state index in [1.54, 1.807) is 0 Å². The molecule has 0 saturated carbocycles. The molecule has 0 fully saturated rings. The Hall–Kier alpha value is -10.9. The summed E-state index contributed by atoms with van der Waals surface area (Å²) in [6.07, 6.45) is 8.69. The molecule has 0 atom stereocenters. The minimum absolute atomic E-state index is 0. The SMILES string of the molecule is [Ir+3].[c-]1cc(-c2ccccc2-c2cc(CCc3c[c-]c(-c4ccccn4)cc3-n3c4ccccc4c4ccccc43)cc(CCc3c[c-]c(-c4ccccn4)cc3-n3c4ccccc4c4ccccc43)c2)c(-c2ccc(-c3ccccc3)cc2)cc1-c1ccccn1. The van der Waals surface area contributed by atoms with Gasteiger partial charge < -0.3 is 24.1 Å². The first-order valence-electron chi connectivity index (χ1n) is 30.9. The molecule has 0 spiro atoms. The summed E-state index contributed by atoms with van der Waals surface area (Å²) in [5.74, 6) is 0. The van der Waals surface area contributed by atoms with Crippen LogP contribution in [-0.2, 0) is 45.8 Å². The standard InChI is InChI=1S/C85H58N5.Ir/c1-2-20-60(21-3-1)61-39-41-62(42-40-61)76-55-65(77-28-14-17-49-86-77)47-48-71(76)70-23-5-4-22-69(70)68-53-58(35-37-63-43-45-66(78-29-15-18-50-87-78)56-84(63)89-80-31-10-6-24-72(80)73-25-7-11-32-81(73)89)52-59(54-68)36-38-64-44-46-67(79-30-16-19-51-88-79)57-85(64)90-82-33-12-8-26-74(82)75-27-9-13-34-83(75)90;/h1-34,39-44,48-57H,35-38H2;/q-3;+3. The molecule has 0 unspecified atom stereocenters. The van der Waals surface area contributed by atoms with E-state index in [2.05, 4.69) is 276 Å². The second-order valence-electron chi connectivity index (χ2n) is 23.1. The Bertz CT molecular complexity index is 4960. The summed E-state index contributed by atoms with van der Waals surface area (Å²) in [6.45, 7) is 0. The van der Waals surface area contributed by atoms with E-state index in [1.165, 1.54) is 77.0 Å². The number of aryl methyl sites for hydroxylation is 4. The number of aromatic nitrogens is 5. The number of fused-ring (bicyclic) bond motifs is 6. The topological polar surface area (TPSA) is 48.5 Å². The van der Waals surface area contributed by atoms with Gasteiger partial charge in [0.05, 0.1) is 22.1 Å². The van der Waals surface area contributed by atoms with E-state index >= 15 is 0 Å². The number of nitrogens with zero attached hydrogens (tertiary/aromatic N) is 5. The first-order chi connectivity index (χ1) is 44.6. The van der Waals surface area contributed by atoms with Crippen molar-refractivity contribution in [1.29, 1.82) is 0 Å². The van der Waals surface area contributed by atoms with E-state index in [1.807, 2.05) is 55.0 Å². The number of hydrogen-bond acceptors (Lipinski definition) is 3. The second-order valence-corrected chi connectivity index (χ2v) is 23.1. The molecule has 0 aliphatic heterocycles. The predicted octanol–water partition coefficient (Wildman–Crippen LogP) is 20.7. The molecule has 5 nitrogen and oxygen atoms in total. The fourth-order valence-electron chi connectivity index (χ4n) is 13.4. The molecule has 0 radical (unpaired) electrons. The average molecular weight is 1340 g/mol. The van der Waals surface area contributed by atoms with Crippen LogP contribution in [0.15, 0.2) is 304 Å². The van der Waals surface area contributed by atoms with Crippen molar-refractivity contribution in [2.45, 2.75) is 25.7 Å². The van der Waals surface area contributed by atoms with Gasteiger partial charge in [0, 0.05) is 40.1 Å². The van der Waals surface area contributed by atoms with Crippen molar-refractivity contribution < 1.29 is 20.1 Å². The van der Waals surface area contributed by atoms with Crippen molar-refractivity contribution in [2.24, 2.45) is 0 Å². The molecule has 91 heavy (non-hydrogen) atoms. The normalized spacial score (nSPS) is 11.4. The number of hydrogen-bond donors (Lipinski definition) is 0. The van der Waals surface area contributed by atoms with Gasteiger partial charge in [-0.1, -0.05) is 236 Å². The van der Waals surface area contributed by atoms with E-state index in [4.69, 9.17) is 15.0 Å². The number of para-hydroxylation sites is 4. The monoisotopic (exact) mass is 1340 g/mol. The van der Waals surface area contributed by atoms with Crippen LogP contribution in [0.1, 0.15) is 22.3 Å². The molecular weight excluding hydrogens is 1280 g/mol. The van der Waals surface area contributed by atoms with Gasteiger partial charge in [-0.2, -0.15) is 0 Å². The van der Waals surface area contributed by atoms with Gasteiger partial charge in [-0.15, -0.1) is 82.4 Å². The van der Waals surface area contributed by atoms with Crippen LogP contribution in [0.3, 0.4) is 0 Å². The van der Waals surface area contributed by atoms with E-state index in [0.717, 1.165) is 104 Å². The first kappa shape index (κ1) is 56.6. The molecule has 11 aromatic carbocycles. The number of benzene rings is 11. The number of pyridine rings is 3. The van der Waals surface area contributed by atoms with Gasteiger partial charge in [0.15, 0.2) is 0 Å². The van der Waals surface area contributed by atoms with Crippen molar-refractivity contribution in [3.05, 3.63) is 344 Å². The molecule has 0 amide bonds. The van der Waals surface area contributed by atoms with Gasteiger partial charge in [-0.25, -0.2) is 0 Å². The molecule has 6 heteroatoms. The summed E-state index contributed by atoms with van der Waals surface area (Å²) in [5, 5.41) is 4.90. The maximum atomic E-state index is 4.80. The van der Waals surface area contributed by atoms with Crippen LogP contribution in [0.2, 0.25) is 0 Å². The Kier molecular flexibility index (Phi) is 15.5. The molecule has 16 aromatic rings. The third-order valence-corrected chi connectivity index (χ3v) is 17.7. The first-order valence-corrected chi connectivity index (χ1v) is 30.9. The van der Waals surface area contributed by atoms with Gasteiger partial charge in [0.25, 0.3) is 0 Å². The molecule has 0 aliphatic rings. The Labute approximate surface area is 543 Å². The summed E-state index contributed by atoms with van der Waals surface area (Å²) < 4.78 is 4.90. The van der Waals surface area contributed by atoms with Crippen molar-refractivity contribution in [3.63, 3.8) is 0 Å². The van der Waals surface area contributed by atoms with Gasteiger partial charge in [0.2, 0.25) is 0 Å². The third kappa shape index (κ3) is 11.0. The summed E-state index contributed by atoms with van der Waals surface area (Å²) in [4.78, 5) is 14.4. The van der Waals surface area contributed by atoms with Crippen molar-refractivity contribution >= 4 is 43.6 Å². The van der Waals surface area contributed by atoms with E-state index in [9.17, 15) is 0 Å². The van der Waals surface area contributed by atoms with Crippen LogP contribution in [0.4, 0.5) is 0 Å². The van der Waals surface area contributed by atoms with E-state index < -0.39 is 0 Å². The van der Waals surface area contributed by atoms with Crippen LogP contribution < -0.4 is 0 Å². The van der Waals surface area contributed by atoms with Crippen molar-refractivity contribution in [3.8, 4) is 89.7 Å². The van der Waals surface area contributed by atoms with Crippen LogP contribution in [0.25, 0.3) is 133 Å². The Morgan fingerprint density at radius 2 is 0.659 bits per heavy atom. The van der Waals surface area contributed by atoms with Crippen molar-refractivity contribution in [2.75, 3.05) is 0 Å². The quantitative estimate of drug-likeness (QED) is 0.0961. The zero-order chi connectivity index (χ0) is 59.7. The average Bonchev–Trinajstić information content (AvgIpc) is 1.67. The van der Waals surface area contributed by atoms with Gasteiger partial charge in [-0.3, -0.25) is 0 Å². The van der Waals surface area contributed by atoms with Crippen LogP contribution in [0.5, 0.6) is 0 Å². The molecule has 5 aromatic heterocycles. The minimum atomic E-state index is 0. The zero-order valence-electron chi connectivity index (χ0n) is 49.8. The molecule has 432 valence electrons. The summed E-state index contributed by atoms with van der Waals surface area (Å²) >= 11 is 0. The van der Waals surface area contributed by atoms with Gasteiger partial charge in [0.1, 0.15) is 0 Å². The maximum absolute atomic E-state index is 4.80. The molecule has 16 rings (SSSR count). The Morgan fingerprint density at radius 3 is 1.12 bits per heavy atom. The Morgan fingerprint density at radius 1 is 0.275 bits per heavy atom. The van der Waals surface area contributed by atoms with Crippen LogP contribution >= 0.6 is 0 Å². The van der Waals surface area contributed by atoms with Crippen molar-refractivity contribution in [1.82, 2.24) is 24.1 Å². The molecular formula is C85H58IrN5. The molecule has 0 saturated heterocycles. The predicted molar refractivity (Wildman–Crippen MR) is 371 cm³/mol.